The van der Waals surface area contributed by atoms with Crippen LogP contribution in [0.4, 0.5) is 0 Å². The molecule has 0 spiro atoms. The molecule has 2 aromatic rings. The maximum atomic E-state index is 5.63. The second-order valence-electron chi connectivity index (χ2n) is 4.36. The first kappa shape index (κ1) is 13.9. The lowest BCUT2D eigenvalue weighted by atomic mass is 10.3. The van der Waals surface area contributed by atoms with Crippen LogP contribution in [0.1, 0.15) is 26.3 Å². The van der Waals surface area contributed by atoms with Crippen molar-refractivity contribution in [2.24, 2.45) is 0 Å². The quantitative estimate of drug-likeness (QED) is 0.576. The van der Waals surface area contributed by atoms with Gasteiger partial charge in [0.1, 0.15) is 5.75 Å². The van der Waals surface area contributed by atoms with Crippen molar-refractivity contribution in [2.45, 2.75) is 31.5 Å². The predicted octanol–water partition coefficient (Wildman–Crippen LogP) is 2.82. The van der Waals surface area contributed by atoms with Gasteiger partial charge in [0.15, 0.2) is 0 Å². The number of thioether (sulfide) groups is 1. The molecule has 0 aliphatic rings. The monoisotopic (exact) mass is 278 g/mol. The first-order chi connectivity index (χ1) is 9.27. The fourth-order valence-electron chi connectivity index (χ4n) is 1.53. The molecule has 1 aromatic heterocycles. The lowest BCUT2D eigenvalue weighted by molar-refractivity contribution is 0.318. The van der Waals surface area contributed by atoms with Crippen LogP contribution in [0.15, 0.2) is 35.5 Å². The number of hydrogen-bond donors (Lipinski definition) is 0. The third-order valence-electron chi connectivity index (χ3n) is 2.48. The predicted molar refractivity (Wildman–Crippen MR) is 75.5 cm³/mol. The highest BCUT2D eigenvalue weighted by atomic mass is 32.2. The van der Waals surface area contributed by atoms with Gasteiger partial charge in [-0.15, -0.1) is 5.10 Å². The van der Waals surface area contributed by atoms with E-state index < -0.39 is 0 Å². The molecule has 0 N–H and O–H groups in total. The first-order valence-electron chi connectivity index (χ1n) is 6.36. The summed E-state index contributed by atoms with van der Waals surface area (Å²) in [5, 5.41) is 12.6. The topological polar surface area (TPSA) is 52.8 Å². The third kappa shape index (κ3) is 4.24. The number of aromatic nitrogens is 4. The summed E-state index contributed by atoms with van der Waals surface area (Å²) in [6.07, 6.45) is 0.963. The van der Waals surface area contributed by atoms with Crippen LogP contribution < -0.4 is 4.74 Å². The standard InChI is InChI=1S/C13H18N4OS/c1-11(2)17-13(14-15-16-17)19-10-6-9-18-12-7-4-3-5-8-12/h3-5,7-8,11H,6,9-10H2,1-2H3. The Morgan fingerprint density at radius 3 is 2.79 bits per heavy atom. The average molecular weight is 278 g/mol. The zero-order chi connectivity index (χ0) is 13.5. The minimum Gasteiger partial charge on any atom is -0.494 e. The number of rotatable bonds is 7. The second-order valence-corrected chi connectivity index (χ2v) is 5.43. The van der Waals surface area contributed by atoms with Crippen LogP contribution >= 0.6 is 11.8 Å². The average Bonchev–Trinajstić information content (AvgIpc) is 2.88. The minimum atomic E-state index is 0.290. The van der Waals surface area contributed by atoms with Crippen LogP contribution in [0.2, 0.25) is 0 Å². The van der Waals surface area contributed by atoms with Crippen molar-refractivity contribution in [1.29, 1.82) is 0 Å². The number of benzene rings is 1. The molecule has 5 nitrogen and oxygen atoms in total. The van der Waals surface area contributed by atoms with E-state index >= 15 is 0 Å². The van der Waals surface area contributed by atoms with E-state index in [-0.39, 0.29) is 6.04 Å². The highest BCUT2D eigenvalue weighted by molar-refractivity contribution is 7.99. The molecule has 0 unspecified atom stereocenters. The molecule has 102 valence electrons. The molecule has 1 aromatic carbocycles. The number of ether oxygens (including phenoxy) is 1. The zero-order valence-corrected chi connectivity index (χ0v) is 12.0. The van der Waals surface area contributed by atoms with Gasteiger partial charge in [0.05, 0.1) is 12.6 Å². The van der Waals surface area contributed by atoms with Crippen molar-refractivity contribution in [3.63, 3.8) is 0 Å². The molecule has 0 aliphatic heterocycles. The van der Waals surface area contributed by atoms with E-state index in [1.807, 2.05) is 35.0 Å². The molecule has 0 atom stereocenters. The summed E-state index contributed by atoms with van der Waals surface area (Å²) in [5.74, 6) is 1.86. The van der Waals surface area contributed by atoms with Crippen molar-refractivity contribution >= 4 is 11.8 Å². The van der Waals surface area contributed by atoms with Crippen molar-refractivity contribution in [3.05, 3.63) is 30.3 Å². The Labute approximate surface area is 117 Å². The zero-order valence-electron chi connectivity index (χ0n) is 11.2. The molecule has 0 saturated carbocycles. The number of para-hydroxylation sites is 1. The van der Waals surface area contributed by atoms with Crippen LogP contribution in [0, 0.1) is 0 Å². The summed E-state index contributed by atoms with van der Waals surface area (Å²) in [6, 6.07) is 10.1. The van der Waals surface area contributed by atoms with Crippen LogP contribution in [0.5, 0.6) is 5.75 Å². The molecule has 0 amide bonds. The van der Waals surface area contributed by atoms with Crippen LogP contribution in [-0.4, -0.2) is 32.6 Å². The SMILES string of the molecule is CC(C)n1nnnc1SCCCOc1ccccc1. The fourth-order valence-corrected chi connectivity index (χ4v) is 2.45. The smallest absolute Gasteiger partial charge is 0.209 e. The third-order valence-corrected chi connectivity index (χ3v) is 3.50. The Hall–Kier alpha value is -1.56. The molecule has 0 radical (unpaired) electrons. The van der Waals surface area contributed by atoms with E-state index in [1.165, 1.54) is 0 Å². The van der Waals surface area contributed by atoms with Crippen LogP contribution in [0.3, 0.4) is 0 Å². The molecule has 0 fully saturated rings. The van der Waals surface area contributed by atoms with Gasteiger partial charge in [0.2, 0.25) is 5.16 Å². The van der Waals surface area contributed by atoms with E-state index in [4.69, 9.17) is 4.74 Å². The van der Waals surface area contributed by atoms with Gasteiger partial charge in [0, 0.05) is 5.75 Å². The molecule has 0 bridgehead atoms. The Morgan fingerprint density at radius 1 is 1.26 bits per heavy atom. The highest BCUT2D eigenvalue weighted by Gasteiger charge is 2.08. The summed E-state index contributed by atoms with van der Waals surface area (Å²) >= 11 is 1.66. The van der Waals surface area contributed by atoms with E-state index in [1.54, 1.807) is 11.8 Å². The van der Waals surface area contributed by atoms with Gasteiger partial charge in [-0.05, 0) is 42.8 Å². The summed E-state index contributed by atoms with van der Waals surface area (Å²) in [5.41, 5.74) is 0. The molecular formula is C13H18N4OS. The minimum absolute atomic E-state index is 0.290. The molecule has 2 rings (SSSR count). The lowest BCUT2D eigenvalue weighted by Crippen LogP contribution is -2.05. The Kier molecular flexibility index (Phi) is 5.20. The maximum absolute atomic E-state index is 5.63. The van der Waals surface area contributed by atoms with E-state index in [0.717, 1.165) is 23.1 Å². The lowest BCUT2D eigenvalue weighted by Gasteiger charge is -2.07. The first-order valence-corrected chi connectivity index (χ1v) is 7.34. The number of nitrogens with zero attached hydrogens (tertiary/aromatic N) is 4. The summed E-state index contributed by atoms with van der Waals surface area (Å²) in [7, 11) is 0. The summed E-state index contributed by atoms with van der Waals surface area (Å²) in [6.45, 7) is 4.85. The Morgan fingerprint density at radius 2 is 2.05 bits per heavy atom. The van der Waals surface area contributed by atoms with Crippen LogP contribution in [-0.2, 0) is 0 Å². The van der Waals surface area contributed by atoms with Gasteiger partial charge in [-0.25, -0.2) is 4.68 Å². The van der Waals surface area contributed by atoms with Gasteiger partial charge in [-0.3, -0.25) is 0 Å². The molecule has 0 aliphatic carbocycles. The molecule has 19 heavy (non-hydrogen) atoms. The van der Waals surface area contributed by atoms with Gasteiger partial charge in [0.25, 0.3) is 0 Å². The van der Waals surface area contributed by atoms with Crippen molar-refractivity contribution in [1.82, 2.24) is 20.2 Å². The van der Waals surface area contributed by atoms with Gasteiger partial charge in [-0.2, -0.15) is 0 Å². The maximum Gasteiger partial charge on any atom is 0.209 e. The Bertz CT molecular complexity index is 486. The largest absolute Gasteiger partial charge is 0.494 e. The molecule has 6 heteroatoms. The summed E-state index contributed by atoms with van der Waals surface area (Å²) < 4.78 is 7.47. The van der Waals surface area contributed by atoms with Gasteiger partial charge < -0.3 is 4.74 Å². The van der Waals surface area contributed by atoms with Gasteiger partial charge in [-0.1, -0.05) is 30.0 Å². The normalized spacial score (nSPS) is 10.9. The Balaban J connectivity index is 1.68. The molecular weight excluding hydrogens is 260 g/mol. The number of tetrazole rings is 1. The van der Waals surface area contributed by atoms with Gasteiger partial charge >= 0.3 is 0 Å². The number of hydrogen-bond acceptors (Lipinski definition) is 5. The van der Waals surface area contributed by atoms with Crippen molar-refractivity contribution in [2.75, 3.05) is 12.4 Å². The highest BCUT2D eigenvalue weighted by Crippen LogP contribution is 2.18. The molecule has 1 heterocycles. The molecule has 0 saturated heterocycles. The van der Waals surface area contributed by atoms with E-state index in [9.17, 15) is 0 Å². The van der Waals surface area contributed by atoms with Crippen LogP contribution in [0.25, 0.3) is 0 Å². The van der Waals surface area contributed by atoms with Crippen molar-refractivity contribution in [3.8, 4) is 5.75 Å². The van der Waals surface area contributed by atoms with E-state index in [2.05, 4.69) is 29.4 Å². The fraction of sp³-hybridized carbons (Fsp3) is 0.462. The van der Waals surface area contributed by atoms with Crippen molar-refractivity contribution < 1.29 is 4.74 Å². The summed E-state index contributed by atoms with van der Waals surface area (Å²) in [4.78, 5) is 0. The second kappa shape index (κ2) is 7.13. The van der Waals surface area contributed by atoms with E-state index in [0.29, 0.717) is 6.61 Å².